The monoisotopic (exact) mass is 625 g/mol. The number of carbonyl (C=O) groups is 2. The lowest BCUT2D eigenvalue weighted by Gasteiger charge is -2.32. The average molecular weight is 626 g/mol. The smallest absolute Gasteiger partial charge is 0.416 e. The Kier molecular flexibility index (Phi) is 10.7. The molecular weight excluding hydrogens is 601 g/mol. The van der Waals surface area contributed by atoms with Crippen LogP contribution >= 0.6 is 15.9 Å². The first-order valence-corrected chi connectivity index (χ1v) is 13.7. The van der Waals surface area contributed by atoms with Crippen molar-refractivity contribution in [1.82, 2.24) is 5.32 Å². The van der Waals surface area contributed by atoms with Crippen LogP contribution < -0.4 is 9.62 Å². The summed E-state index contributed by atoms with van der Waals surface area (Å²) in [6.45, 7) is 0.0989. The number of carboxylic acids is 1. The normalized spacial score (nSPS) is 12.9. The summed E-state index contributed by atoms with van der Waals surface area (Å²) in [6, 6.07) is 17.4. The number of hydrogen-bond acceptors (Lipinski definition) is 4. The molecule has 0 saturated carbocycles. The molecule has 0 fully saturated rings. The fourth-order valence-corrected chi connectivity index (χ4v) is 4.99. The lowest BCUT2D eigenvalue weighted by Crippen LogP contribution is -2.42. The summed E-state index contributed by atoms with van der Waals surface area (Å²) >= 11 is 0.494. The van der Waals surface area contributed by atoms with E-state index in [1.54, 1.807) is 12.1 Å². The van der Waals surface area contributed by atoms with Crippen LogP contribution in [0.2, 0.25) is 0 Å². The van der Waals surface area contributed by atoms with E-state index in [1.165, 1.54) is 30.3 Å². The van der Waals surface area contributed by atoms with Gasteiger partial charge in [-0.2, -0.15) is 13.2 Å². The quantitative estimate of drug-likeness (QED) is 0.198. The van der Waals surface area contributed by atoms with Gasteiger partial charge in [0.1, 0.15) is 6.04 Å². The van der Waals surface area contributed by atoms with E-state index < -0.39 is 47.3 Å². The molecule has 208 valence electrons. The van der Waals surface area contributed by atoms with Crippen LogP contribution in [0.5, 0.6) is 0 Å². The standard InChI is InChI=1S/C27H26BrF3N2O5S/c28-21-12-8-18(9-13-21)19-10-14-22(15-11-19)33(39(37)38)24(26(35)36)7-3-4-16-32-25(34)17-20-5-1-2-6-23(20)27(29,30)31/h1-2,5-6,8-15,24H,3-4,7,16-17H2,(H,32,34)(H,35,36)(H,37,38)/p-1. The molecule has 12 heteroatoms. The van der Waals surface area contributed by atoms with Gasteiger partial charge in [0.2, 0.25) is 5.91 Å². The summed E-state index contributed by atoms with van der Waals surface area (Å²) in [5.74, 6) is -1.93. The minimum absolute atomic E-state index is 0.0371. The molecule has 0 radical (unpaired) electrons. The zero-order chi connectivity index (χ0) is 28.6. The van der Waals surface area contributed by atoms with Crippen LogP contribution in [-0.4, -0.2) is 38.3 Å². The number of aliphatic carboxylic acids is 1. The number of carbonyl (C=O) groups excluding carboxylic acids is 1. The third-order valence-electron chi connectivity index (χ3n) is 5.93. The molecule has 0 aliphatic rings. The number of benzene rings is 3. The second-order valence-corrected chi connectivity index (χ2v) is 10.4. The van der Waals surface area contributed by atoms with Gasteiger partial charge in [0.05, 0.1) is 12.0 Å². The van der Waals surface area contributed by atoms with Gasteiger partial charge >= 0.3 is 12.1 Å². The molecule has 7 nitrogen and oxygen atoms in total. The van der Waals surface area contributed by atoms with E-state index >= 15 is 0 Å². The number of hydrogen-bond donors (Lipinski definition) is 2. The minimum Gasteiger partial charge on any atom is -0.755 e. The highest BCUT2D eigenvalue weighted by Crippen LogP contribution is 2.32. The SMILES string of the molecule is O=C(Cc1ccccc1C(F)(F)F)NCCCCC(C(=O)O)N(c1ccc(-c2ccc(Br)cc2)cc1)S(=O)[O-]. The van der Waals surface area contributed by atoms with Gasteiger partial charge in [0, 0.05) is 28.0 Å². The largest absolute Gasteiger partial charge is 0.755 e. The van der Waals surface area contributed by atoms with Gasteiger partial charge in [-0.1, -0.05) is 58.4 Å². The summed E-state index contributed by atoms with van der Waals surface area (Å²) in [6.07, 6.45) is -4.51. The molecular formula is C27H25BrF3N2O5S-. The van der Waals surface area contributed by atoms with E-state index in [-0.39, 0.29) is 30.6 Å². The van der Waals surface area contributed by atoms with Crippen LogP contribution in [-0.2, 0) is 33.5 Å². The molecule has 3 rings (SSSR count). The van der Waals surface area contributed by atoms with E-state index in [1.807, 2.05) is 24.3 Å². The number of anilines is 1. The Morgan fingerprint density at radius 2 is 1.56 bits per heavy atom. The van der Waals surface area contributed by atoms with Gasteiger partial charge in [-0.05, 0) is 66.3 Å². The molecule has 3 aromatic rings. The third-order valence-corrected chi connectivity index (χ3v) is 7.24. The van der Waals surface area contributed by atoms with Crippen molar-refractivity contribution in [1.29, 1.82) is 0 Å². The maximum Gasteiger partial charge on any atom is 0.416 e. The van der Waals surface area contributed by atoms with Gasteiger partial charge in [-0.25, -0.2) is 4.79 Å². The Morgan fingerprint density at radius 1 is 0.974 bits per heavy atom. The van der Waals surface area contributed by atoms with Crippen molar-refractivity contribution in [3.63, 3.8) is 0 Å². The second-order valence-electron chi connectivity index (χ2n) is 8.63. The van der Waals surface area contributed by atoms with E-state index in [2.05, 4.69) is 21.2 Å². The van der Waals surface area contributed by atoms with Crippen molar-refractivity contribution in [2.75, 3.05) is 10.8 Å². The molecule has 0 spiro atoms. The molecule has 0 bridgehead atoms. The van der Waals surface area contributed by atoms with Gasteiger partial charge < -0.3 is 15.0 Å². The Morgan fingerprint density at radius 3 is 2.13 bits per heavy atom. The van der Waals surface area contributed by atoms with Crippen LogP contribution in [0.15, 0.2) is 77.3 Å². The maximum absolute atomic E-state index is 13.1. The highest BCUT2D eigenvalue weighted by Gasteiger charge is 2.33. The Bertz CT molecular complexity index is 1300. The van der Waals surface area contributed by atoms with Crippen LogP contribution in [0.25, 0.3) is 11.1 Å². The average Bonchev–Trinajstić information content (AvgIpc) is 2.88. The lowest BCUT2D eigenvalue weighted by molar-refractivity contribution is -0.139. The van der Waals surface area contributed by atoms with Crippen molar-refractivity contribution in [2.45, 2.75) is 37.9 Å². The predicted octanol–water partition coefficient (Wildman–Crippen LogP) is 5.72. The van der Waals surface area contributed by atoms with E-state index in [4.69, 9.17) is 0 Å². The van der Waals surface area contributed by atoms with Crippen molar-refractivity contribution < 1.29 is 36.6 Å². The zero-order valence-corrected chi connectivity index (χ0v) is 22.9. The van der Waals surface area contributed by atoms with Crippen molar-refractivity contribution in [2.24, 2.45) is 0 Å². The molecule has 2 atom stereocenters. The molecule has 2 unspecified atom stereocenters. The highest BCUT2D eigenvalue weighted by molar-refractivity contribution is 9.10. The van der Waals surface area contributed by atoms with Crippen molar-refractivity contribution in [3.05, 3.63) is 88.4 Å². The van der Waals surface area contributed by atoms with Crippen LogP contribution in [0.1, 0.15) is 30.4 Å². The third kappa shape index (κ3) is 8.64. The Balaban J connectivity index is 1.57. The minimum atomic E-state index is -4.57. The summed E-state index contributed by atoms with van der Waals surface area (Å²) < 4.78 is 65.1. The van der Waals surface area contributed by atoms with Gasteiger partial charge in [0.15, 0.2) is 0 Å². The van der Waals surface area contributed by atoms with Crippen LogP contribution in [0.4, 0.5) is 18.9 Å². The van der Waals surface area contributed by atoms with Gasteiger partial charge in [0.25, 0.3) is 0 Å². The van der Waals surface area contributed by atoms with Crippen LogP contribution in [0.3, 0.4) is 0 Å². The predicted molar refractivity (Wildman–Crippen MR) is 144 cm³/mol. The second kappa shape index (κ2) is 13.7. The highest BCUT2D eigenvalue weighted by atomic mass is 79.9. The fourth-order valence-electron chi connectivity index (χ4n) is 4.03. The number of nitrogens with one attached hydrogen (secondary N) is 1. The fraction of sp³-hybridized carbons (Fsp3) is 0.259. The molecule has 0 aliphatic heterocycles. The van der Waals surface area contributed by atoms with E-state index in [9.17, 15) is 36.6 Å². The van der Waals surface area contributed by atoms with Crippen molar-refractivity contribution in [3.8, 4) is 11.1 Å². The first kappa shape index (κ1) is 30.3. The number of alkyl halides is 3. The van der Waals surface area contributed by atoms with Crippen molar-refractivity contribution >= 4 is 44.8 Å². The van der Waals surface area contributed by atoms with Gasteiger partial charge in [-0.15, -0.1) is 0 Å². The summed E-state index contributed by atoms with van der Waals surface area (Å²) in [5, 5.41) is 12.3. The van der Waals surface area contributed by atoms with E-state index in [0.29, 0.717) is 6.42 Å². The number of carboxylic acid groups (broad SMARTS) is 1. The number of rotatable bonds is 12. The summed E-state index contributed by atoms with van der Waals surface area (Å²) in [4.78, 5) is 24.1. The molecule has 1 amide bonds. The number of unbranched alkanes of at least 4 members (excludes halogenated alkanes) is 1. The van der Waals surface area contributed by atoms with Gasteiger partial charge in [-0.3, -0.25) is 13.3 Å². The molecule has 0 saturated heterocycles. The maximum atomic E-state index is 13.1. The number of halogens is 4. The molecule has 39 heavy (non-hydrogen) atoms. The number of amides is 1. The Hall–Kier alpha value is -3.22. The summed E-state index contributed by atoms with van der Waals surface area (Å²) in [5.41, 5.74) is 0.892. The first-order valence-electron chi connectivity index (χ1n) is 11.9. The molecule has 0 aromatic heterocycles. The molecule has 3 aromatic carbocycles. The van der Waals surface area contributed by atoms with E-state index in [0.717, 1.165) is 26.0 Å². The topological polar surface area (TPSA) is 110 Å². The zero-order valence-electron chi connectivity index (χ0n) is 20.5. The molecule has 0 aliphatic carbocycles. The molecule has 2 N–H and O–H groups in total. The number of nitrogens with zero attached hydrogens (tertiary/aromatic N) is 1. The lowest BCUT2D eigenvalue weighted by atomic mass is 10.0. The first-order chi connectivity index (χ1) is 18.5. The Labute approximate surface area is 234 Å². The molecule has 0 heterocycles. The van der Waals surface area contributed by atoms with Crippen LogP contribution in [0, 0.1) is 0 Å². The summed E-state index contributed by atoms with van der Waals surface area (Å²) in [7, 11) is 0.